The van der Waals surface area contributed by atoms with E-state index in [0.29, 0.717) is 6.54 Å². The van der Waals surface area contributed by atoms with Crippen LogP contribution >= 0.6 is 0 Å². The molecule has 3 N–H and O–H groups in total. The van der Waals surface area contributed by atoms with Gasteiger partial charge in [-0.05, 0) is 40.5 Å². The minimum absolute atomic E-state index is 0.0405. The molecular formula is C12H24N2O2. The number of aliphatic hydroxyl groups excluding tert-OH is 1. The fourth-order valence-electron chi connectivity index (χ4n) is 1.81. The van der Waals surface area contributed by atoms with Crippen molar-refractivity contribution in [2.24, 2.45) is 11.1 Å². The highest BCUT2D eigenvalue weighted by molar-refractivity contribution is 5.83. The van der Waals surface area contributed by atoms with E-state index in [9.17, 15) is 9.90 Å². The molecule has 0 radical (unpaired) electrons. The van der Waals surface area contributed by atoms with Gasteiger partial charge in [0.25, 0.3) is 0 Å². The molecule has 1 fully saturated rings. The number of hydrogen-bond acceptors (Lipinski definition) is 3. The first-order valence-corrected chi connectivity index (χ1v) is 5.92. The van der Waals surface area contributed by atoms with Crippen LogP contribution in [-0.4, -0.2) is 40.6 Å². The van der Waals surface area contributed by atoms with Crippen molar-refractivity contribution < 1.29 is 9.90 Å². The molecule has 1 amide bonds. The summed E-state index contributed by atoms with van der Waals surface area (Å²) in [5, 5.41) is 9.57. The second-order valence-electron chi connectivity index (χ2n) is 5.89. The van der Waals surface area contributed by atoms with Crippen molar-refractivity contribution in [2.75, 3.05) is 13.1 Å². The van der Waals surface area contributed by atoms with E-state index < -0.39 is 11.0 Å². The van der Waals surface area contributed by atoms with Gasteiger partial charge in [-0.1, -0.05) is 0 Å². The number of hydrogen-bond donors (Lipinski definition) is 2. The molecule has 0 aromatic carbocycles. The Labute approximate surface area is 97.8 Å². The van der Waals surface area contributed by atoms with Crippen LogP contribution in [0.3, 0.4) is 0 Å². The maximum absolute atomic E-state index is 12.3. The molecule has 1 saturated heterocycles. The maximum Gasteiger partial charge on any atom is 0.230 e. The summed E-state index contributed by atoms with van der Waals surface area (Å²) < 4.78 is 0. The van der Waals surface area contributed by atoms with Crippen molar-refractivity contribution in [3.05, 3.63) is 0 Å². The fourth-order valence-corrected chi connectivity index (χ4v) is 1.81. The van der Waals surface area contributed by atoms with Crippen molar-refractivity contribution in [3.63, 3.8) is 0 Å². The van der Waals surface area contributed by atoms with E-state index in [1.54, 1.807) is 4.90 Å². The van der Waals surface area contributed by atoms with Crippen LogP contribution in [0.5, 0.6) is 0 Å². The van der Waals surface area contributed by atoms with Crippen LogP contribution in [0, 0.1) is 5.41 Å². The fraction of sp³-hybridized carbons (Fsp3) is 0.917. The molecule has 1 atom stereocenters. The molecule has 0 saturated carbocycles. The van der Waals surface area contributed by atoms with Crippen molar-refractivity contribution in [3.8, 4) is 0 Å². The quantitative estimate of drug-likeness (QED) is 0.732. The number of rotatable bonds is 2. The van der Waals surface area contributed by atoms with Gasteiger partial charge in [-0.25, -0.2) is 0 Å². The molecule has 0 spiro atoms. The van der Waals surface area contributed by atoms with E-state index >= 15 is 0 Å². The van der Waals surface area contributed by atoms with Crippen LogP contribution in [0.25, 0.3) is 0 Å². The molecule has 16 heavy (non-hydrogen) atoms. The van der Waals surface area contributed by atoms with Crippen LogP contribution < -0.4 is 5.73 Å². The number of carbonyl (C=O) groups excluding carboxylic acids is 1. The summed E-state index contributed by atoms with van der Waals surface area (Å²) in [5.41, 5.74) is 4.88. The third-order valence-corrected chi connectivity index (χ3v) is 3.83. The largest absolute Gasteiger partial charge is 0.391 e. The molecule has 0 unspecified atom stereocenters. The molecule has 1 aliphatic rings. The number of nitrogens with zero attached hydrogens (tertiary/aromatic N) is 1. The van der Waals surface area contributed by atoms with E-state index in [4.69, 9.17) is 5.73 Å². The number of likely N-dealkylation sites (tertiary alicyclic amines) is 1. The van der Waals surface area contributed by atoms with Crippen molar-refractivity contribution in [1.82, 2.24) is 4.90 Å². The van der Waals surface area contributed by atoms with Gasteiger partial charge in [0.1, 0.15) is 0 Å². The Morgan fingerprint density at radius 1 is 1.38 bits per heavy atom. The topological polar surface area (TPSA) is 66.6 Å². The Kier molecular flexibility index (Phi) is 3.65. The molecule has 1 aliphatic heterocycles. The second-order valence-corrected chi connectivity index (χ2v) is 5.89. The highest BCUT2D eigenvalue weighted by atomic mass is 16.3. The van der Waals surface area contributed by atoms with Crippen LogP contribution in [-0.2, 0) is 4.79 Å². The third kappa shape index (κ3) is 2.55. The van der Waals surface area contributed by atoms with Crippen LogP contribution in [0.15, 0.2) is 0 Å². The van der Waals surface area contributed by atoms with Crippen LogP contribution in [0.2, 0.25) is 0 Å². The first-order chi connectivity index (χ1) is 7.16. The smallest absolute Gasteiger partial charge is 0.230 e. The van der Waals surface area contributed by atoms with Gasteiger partial charge in [-0.15, -0.1) is 0 Å². The molecule has 1 rings (SSSR count). The monoisotopic (exact) mass is 228 g/mol. The number of nitrogens with two attached hydrogens (primary N) is 1. The molecule has 0 aromatic heterocycles. The average Bonchev–Trinajstić information content (AvgIpc) is 2.14. The summed E-state index contributed by atoms with van der Waals surface area (Å²) >= 11 is 0. The van der Waals surface area contributed by atoms with Gasteiger partial charge in [-0.3, -0.25) is 4.79 Å². The predicted octanol–water partition coefficient (Wildman–Crippen LogP) is 0.733. The van der Waals surface area contributed by atoms with E-state index in [2.05, 4.69) is 0 Å². The summed E-state index contributed by atoms with van der Waals surface area (Å²) in [6.07, 6.45) is 1.28. The normalized spacial score (nSPS) is 23.4. The van der Waals surface area contributed by atoms with Crippen LogP contribution in [0.4, 0.5) is 0 Å². The van der Waals surface area contributed by atoms with Crippen molar-refractivity contribution in [1.29, 1.82) is 0 Å². The summed E-state index contributed by atoms with van der Waals surface area (Å²) in [7, 11) is 0. The summed E-state index contributed by atoms with van der Waals surface area (Å²) in [4.78, 5) is 14.1. The zero-order valence-corrected chi connectivity index (χ0v) is 10.8. The van der Waals surface area contributed by atoms with Gasteiger partial charge in [0.05, 0.1) is 11.5 Å². The number of aliphatic hydroxyl groups is 1. The van der Waals surface area contributed by atoms with E-state index in [0.717, 1.165) is 19.4 Å². The molecular weight excluding hydrogens is 204 g/mol. The van der Waals surface area contributed by atoms with E-state index in [-0.39, 0.29) is 12.0 Å². The van der Waals surface area contributed by atoms with E-state index in [1.165, 1.54) is 0 Å². The average molecular weight is 228 g/mol. The second kappa shape index (κ2) is 4.34. The van der Waals surface area contributed by atoms with Gasteiger partial charge in [0.15, 0.2) is 0 Å². The molecule has 4 nitrogen and oxygen atoms in total. The SMILES string of the molecule is CC(C)(N)C(C)(C)C(=O)N1CCC[C@H](O)C1. The van der Waals surface area contributed by atoms with Gasteiger partial charge in [-0.2, -0.15) is 0 Å². The van der Waals surface area contributed by atoms with E-state index in [1.807, 2.05) is 27.7 Å². The van der Waals surface area contributed by atoms with Gasteiger partial charge in [0, 0.05) is 18.6 Å². The third-order valence-electron chi connectivity index (χ3n) is 3.83. The molecule has 1 heterocycles. The number of amides is 1. The van der Waals surface area contributed by atoms with Crippen molar-refractivity contribution >= 4 is 5.91 Å². The number of β-amino-alcohol motifs (C(OH)–C–C–N with tert-alkyl or cyclic N) is 1. The number of piperidine rings is 1. The Hall–Kier alpha value is -0.610. The summed E-state index contributed by atoms with van der Waals surface area (Å²) in [6, 6.07) is 0. The lowest BCUT2D eigenvalue weighted by atomic mass is 9.74. The first kappa shape index (κ1) is 13.5. The van der Waals surface area contributed by atoms with Crippen LogP contribution in [0.1, 0.15) is 40.5 Å². The summed E-state index contributed by atoms with van der Waals surface area (Å²) in [6.45, 7) is 8.65. The molecule has 0 bridgehead atoms. The lowest BCUT2D eigenvalue weighted by Gasteiger charge is -2.42. The van der Waals surface area contributed by atoms with Crippen molar-refractivity contribution in [2.45, 2.75) is 52.2 Å². The predicted molar refractivity (Wildman–Crippen MR) is 63.9 cm³/mol. The minimum atomic E-state index is -0.607. The van der Waals surface area contributed by atoms with Gasteiger partial charge in [0.2, 0.25) is 5.91 Å². The molecule has 4 heteroatoms. The zero-order chi connectivity index (χ0) is 12.6. The zero-order valence-electron chi connectivity index (χ0n) is 10.8. The Bertz CT molecular complexity index is 269. The first-order valence-electron chi connectivity index (χ1n) is 5.92. The standard InChI is InChI=1S/C12H24N2O2/c1-11(2,12(3,4)13)10(16)14-7-5-6-9(15)8-14/h9,15H,5-8,13H2,1-4H3/t9-/m0/s1. The molecule has 94 valence electrons. The highest BCUT2D eigenvalue weighted by Crippen LogP contribution is 2.31. The highest BCUT2D eigenvalue weighted by Gasteiger charge is 2.43. The minimum Gasteiger partial charge on any atom is -0.391 e. The maximum atomic E-state index is 12.3. The summed E-state index contributed by atoms with van der Waals surface area (Å²) in [5.74, 6) is 0.0405. The number of carbonyl (C=O) groups is 1. The van der Waals surface area contributed by atoms with Gasteiger partial charge < -0.3 is 15.7 Å². The Balaban J connectivity index is 2.77. The lowest BCUT2D eigenvalue weighted by Crippen LogP contribution is -2.58. The van der Waals surface area contributed by atoms with Gasteiger partial charge >= 0.3 is 0 Å². The Morgan fingerprint density at radius 2 is 1.94 bits per heavy atom. The molecule has 0 aromatic rings. The Morgan fingerprint density at radius 3 is 2.38 bits per heavy atom. The molecule has 0 aliphatic carbocycles. The lowest BCUT2D eigenvalue weighted by molar-refractivity contribution is -0.146.